The van der Waals surface area contributed by atoms with Crippen LogP contribution in [-0.4, -0.2) is 27.2 Å². The van der Waals surface area contributed by atoms with E-state index in [0.29, 0.717) is 28.9 Å². The van der Waals surface area contributed by atoms with Crippen LogP contribution in [0.4, 0.5) is 11.8 Å². The molecule has 1 saturated carbocycles. The molecule has 0 radical (unpaired) electrons. The summed E-state index contributed by atoms with van der Waals surface area (Å²) in [5.74, 6) is 1.66. The van der Waals surface area contributed by atoms with Crippen LogP contribution in [0.5, 0.6) is 11.5 Å². The molecule has 2 aromatic rings. The quantitative estimate of drug-likeness (QED) is 0.784. The first-order chi connectivity index (χ1) is 10.5. The summed E-state index contributed by atoms with van der Waals surface area (Å²) in [5.41, 5.74) is 4.96. The third kappa shape index (κ3) is 3.40. The van der Waals surface area contributed by atoms with Crippen molar-refractivity contribution in [3.63, 3.8) is 0 Å². The van der Waals surface area contributed by atoms with Crippen LogP contribution < -0.4 is 15.8 Å². The Kier molecular flexibility index (Phi) is 4.04. The zero-order valence-electron chi connectivity index (χ0n) is 11.9. The number of benzene rings is 1. The Morgan fingerprint density at radius 2 is 2.05 bits per heavy atom. The van der Waals surface area contributed by atoms with Crippen LogP contribution in [0.25, 0.3) is 0 Å². The Hall–Kier alpha value is -2.05. The third-order valence-electron chi connectivity index (χ3n) is 3.68. The van der Waals surface area contributed by atoms with E-state index in [1.807, 2.05) is 0 Å². The van der Waals surface area contributed by atoms with Crippen molar-refractivity contribution in [2.24, 2.45) is 0 Å². The average Bonchev–Trinajstić information content (AvgIpc) is 2.48. The Labute approximate surface area is 133 Å². The minimum atomic E-state index is -0.669. The monoisotopic (exact) mass is 320 g/mol. The molecular weight excluding hydrogens is 304 g/mol. The van der Waals surface area contributed by atoms with Crippen molar-refractivity contribution >= 4 is 23.4 Å². The maximum atomic E-state index is 10.2. The minimum Gasteiger partial charge on any atom is -0.452 e. The van der Waals surface area contributed by atoms with E-state index in [1.165, 1.54) is 6.20 Å². The molecule has 4 N–H and O–H groups in total. The van der Waals surface area contributed by atoms with Crippen LogP contribution in [0.15, 0.2) is 30.5 Å². The number of rotatable bonds is 5. The Morgan fingerprint density at radius 3 is 2.68 bits per heavy atom. The SMILES string of the molecule is Nc1ncc(Oc2ccc(Cl)cc2)c(NCC2(O)CCC2)n1. The average molecular weight is 321 g/mol. The molecule has 1 heterocycles. The highest BCUT2D eigenvalue weighted by atomic mass is 35.5. The van der Waals surface area contributed by atoms with Crippen molar-refractivity contribution in [1.82, 2.24) is 9.97 Å². The van der Waals surface area contributed by atoms with Gasteiger partial charge >= 0.3 is 0 Å². The molecule has 1 aromatic carbocycles. The zero-order chi connectivity index (χ0) is 15.6. The molecule has 1 fully saturated rings. The molecule has 7 heteroatoms. The zero-order valence-corrected chi connectivity index (χ0v) is 12.7. The lowest BCUT2D eigenvalue weighted by molar-refractivity contribution is -0.0202. The molecule has 116 valence electrons. The number of anilines is 2. The fraction of sp³-hybridized carbons (Fsp3) is 0.333. The van der Waals surface area contributed by atoms with E-state index in [0.717, 1.165) is 19.3 Å². The summed E-state index contributed by atoms with van der Waals surface area (Å²) in [6, 6.07) is 6.97. The van der Waals surface area contributed by atoms with Gasteiger partial charge in [-0.25, -0.2) is 4.98 Å². The number of halogens is 1. The van der Waals surface area contributed by atoms with E-state index >= 15 is 0 Å². The van der Waals surface area contributed by atoms with Gasteiger partial charge in [-0.2, -0.15) is 4.98 Å². The first-order valence-corrected chi connectivity index (χ1v) is 7.44. The first-order valence-electron chi connectivity index (χ1n) is 7.06. The van der Waals surface area contributed by atoms with E-state index in [4.69, 9.17) is 22.1 Å². The summed E-state index contributed by atoms with van der Waals surface area (Å²) in [5, 5.41) is 13.9. The lowest BCUT2D eigenvalue weighted by Crippen LogP contribution is -2.43. The fourth-order valence-corrected chi connectivity index (χ4v) is 2.35. The number of aliphatic hydroxyl groups is 1. The van der Waals surface area contributed by atoms with Crippen molar-refractivity contribution < 1.29 is 9.84 Å². The molecule has 0 bridgehead atoms. The number of nitrogen functional groups attached to an aromatic ring is 1. The standard InChI is InChI=1S/C15H17ClN4O2/c16-10-2-4-11(5-3-10)22-12-8-18-14(17)20-13(12)19-9-15(21)6-1-7-15/h2-5,8,21H,1,6-7,9H2,(H3,17,18,19,20). The number of aromatic nitrogens is 2. The molecule has 1 aliphatic carbocycles. The van der Waals surface area contributed by atoms with Gasteiger partial charge in [0, 0.05) is 11.6 Å². The Balaban J connectivity index is 1.76. The second-order valence-corrected chi connectivity index (χ2v) is 5.86. The van der Waals surface area contributed by atoms with Crippen LogP contribution in [0, 0.1) is 0 Å². The molecular formula is C15H17ClN4O2. The van der Waals surface area contributed by atoms with Gasteiger partial charge in [0.2, 0.25) is 5.95 Å². The Morgan fingerprint density at radius 1 is 1.32 bits per heavy atom. The second-order valence-electron chi connectivity index (χ2n) is 5.43. The van der Waals surface area contributed by atoms with Crippen molar-refractivity contribution in [2.45, 2.75) is 24.9 Å². The number of nitrogens with zero attached hydrogens (tertiary/aromatic N) is 2. The number of hydrogen-bond acceptors (Lipinski definition) is 6. The summed E-state index contributed by atoms with van der Waals surface area (Å²) >= 11 is 5.85. The highest BCUT2D eigenvalue weighted by Crippen LogP contribution is 2.33. The van der Waals surface area contributed by atoms with Crippen LogP contribution in [0.1, 0.15) is 19.3 Å². The van der Waals surface area contributed by atoms with Gasteiger partial charge in [0.25, 0.3) is 0 Å². The molecule has 0 aliphatic heterocycles. The van der Waals surface area contributed by atoms with Crippen LogP contribution in [-0.2, 0) is 0 Å². The molecule has 3 rings (SSSR count). The summed E-state index contributed by atoms with van der Waals surface area (Å²) in [6.45, 7) is 0.403. The van der Waals surface area contributed by atoms with E-state index in [2.05, 4.69) is 15.3 Å². The predicted octanol–water partition coefficient (Wildman–Crippen LogP) is 2.83. The van der Waals surface area contributed by atoms with Gasteiger partial charge in [-0.1, -0.05) is 11.6 Å². The maximum Gasteiger partial charge on any atom is 0.222 e. The van der Waals surface area contributed by atoms with Crippen molar-refractivity contribution in [1.29, 1.82) is 0 Å². The number of ether oxygens (including phenoxy) is 1. The minimum absolute atomic E-state index is 0.145. The molecule has 22 heavy (non-hydrogen) atoms. The van der Waals surface area contributed by atoms with Crippen LogP contribution in [0.3, 0.4) is 0 Å². The number of nitrogens with one attached hydrogen (secondary N) is 1. The predicted molar refractivity (Wildman–Crippen MR) is 85.3 cm³/mol. The van der Waals surface area contributed by atoms with E-state index < -0.39 is 5.60 Å². The highest BCUT2D eigenvalue weighted by molar-refractivity contribution is 6.30. The first kappa shape index (κ1) is 14.9. The van der Waals surface area contributed by atoms with Gasteiger partial charge in [0.15, 0.2) is 11.6 Å². The van der Waals surface area contributed by atoms with Gasteiger partial charge < -0.3 is 20.9 Å². The van der Waals surface area contributed by atoms with Gasteiger partial charge in [0.1, 0.15) is 5.75 Å². The molecule has 1 aromatic heterocycles. The molecule has 0 unspecified atom stereocenters. The van der Waals surface area contributed by atoms with Gasteiger partial charge in [0.05, 0.1) is 11.8 Å². The fourth-order valence-electron chi connectivity index (χ4n) is 2.23. The molecule has 6 nitrogen and oxygen atoms in total. The molecule has 0 spiro atoms. The van der Waals surface area contributed by atoms with E-state index in [1.54, 1.807) is 24.3 Å². The number of hydrogen-bond donors (Lipinski definition) is 3. The molecule has 0 saturated heterocycles. The largest absolute Gasteiger partial charge is 0.452 e. The van der Waals surface area contributed by atoms with Crippen LogP contribution >= 0.6 is 11.6 Å². The van der Waals surface area contributed by atoms with Crippen LogP contribution in [0.2, 0.25) is 5.02 Å². The van der Waals surface area contributed by atoms with Gasteiger partial charge in [-0.05, 0) is 43.5 Å². The molecule has 0 atom stereocenters. The van der Waals surface area contributed by atoms with Gasteiger partial charge in [-0.3, -0.25) is 0 Å². The Bertz CT molecular complexity index is 659. The summed E-state index contributed by atoms with van der Waals surface area (Å²) in [6.07, 6.45) is 4.12. The third-order valence-corrected chi connectivity index (χ3v) is 3.94. The van der Waals surface area contributed by atoms with Crippen molar-refractivity contribution in [3.05, 3.63) is 35.5 Å². The highest BCUT2D eigenvalue weighted by Gasteiger charge is 2.34. The lowest BCUT2D eigenvalue weighted by Gasteiger charge is -2.36. The van der Waals surface area contributed by atoms with Crippen molar-refractivity contribution in [3.8, 4) is 11.5 Å². The smallest absolute Gasteiger partial charge is 0.222 e. The second kappa shape index (κ2) is 5.98. The molecule has 0 amide bonds. The lowest BCUT2D eigenvalue weighted by atomic mass is 9.80. The summed E-state index contributed by atoms with van der Waals surface area (Å²) in [7, 11) is 0. The van der Waals surface area contributed by atoms with Crippen molar-refractivity contribution in [2.75, 3.05) is 17.6 Å². The summed E-state index contributed by atoms with van der Waals surface area (Å²) in [4.78, 5) is 8.09. The molecule has 1 aliphatic rings. The topological polar surface area (TPSA) is 93.3 Å². The number of nitrogens with two attached hydrogens (primary N) is 1. The normalized spacial score (nSPS) is 15.9. The van der Waals surface area contributed by atoms with E-state index in [-0.39, 0.29) is 5.95 Å². The summed E-state index contributed by atoms with van der Waals surface area (Å²) < 4.78 is 5.75. The maximum absolute atomic E-state index is 10.2. The van der Waals surface area contributed by atoms with Gasteiger partial charge in [-0.15, -0.1) is 0 Å². The van der Waals surface area contributed by atoms with E-state index in [9.17, 15) is 5.11 Å².